The van der Waals surface area contributed by atoms with Gasteiger partial charge < -0.3 is 14.8 Å². The van der Waals surface area contributed by atoms with Gasteiger partial charge in [0.25, 0.3) is 0 Å². The topological polar surface area (TPSA) is 60.5 Å². The maximum absolute atomic E-state index is 11.7. The van der Waals surface area contributed by atoms with E-state index in [0.29, 0.717) is 22.9 Å². The molecule has 0 atom stereocenters. The average Bonchev–Trinajstić information content (AvgIpc) is 2.52. The molecule has 5 nitrogen and oxygen atoms in total. The highest BCUT2D eigenvalue weighted by Gasteiger charge is 2.13. The van der Waals surface area contributed by atoms with E-state index in [1.54, 1.807) is 13.2 Å². The number of benzene rings is 1. The number of esters is 1. The highest BCUT2D eigenvalue weighted by atomic mass is 35.5. The number of ether oxygens (including phenoxy) is 2. The molecule has 0 bridgehead atoms. The van der Waals surface area contributed by atoms with Crippen molar-refractivity contribution < 1.29 is 14.3 Å². The van der Waals surface area contributed by atoms with E-state index in [2.05, 4.69) is 10.3 Å². The van der Waals surface area contributed by atoms with E-state index in [1.807, 2.05) is 24.3 Å². The predicted octanol–water partition coefficient (Wildman–Crippen LogP) is 3.14. The lowest BCUT2D eigenvalue weighted by Gasteiger charge is -2.11. The number of hydrogen-bond donors (Lipinski definition) is 1. The lowest BCUT2D eigenvalue weighted by Crippen LogP contribution is -2.09. The second-order valence-electron chi connectivity index (χ2n) is 4.25. The van der Waals surface area contributed by atoms with Gasteiger partial charge in [-0.05, 0) is 23.8 Å². The molecular weight excluding hydrogens is 292 g/mol. The van der Waals surface area contributed by atoms with Crippen LogP contribution in [0.25, 0.3) is 0 Å². The molecule has 2 rings (SSSR count). The molecule has 0 saturated heterocycles. The smallest absolute Gasteiger partial charge is 0.341 e. The van der Waals surface area contributed by atoms with Crippen LogP contribution in [0, 0.1) is 0 Å². The van der Waals surface area contributed by atoms with E-state index in [-0.39, 0.29) is 0 Å². The molecule has 110 valence electrons. The number of methoxy groups -OCH3 is 2. The van der Waals surface area contributed by atoms with Crippen molar-refractivity contribution >= 4 is 23.3 Å². The molecule has 1 N–H and O–H groups in total. The molecule has 2 aromatic rings. The van der Waals surface area contributed by atoms with Gasteiger partial charge in [0, 0.05) is 12.7 Å². The third-order valence-corrected chi connectivity index (χ3v) is 3.12. The highest BCUT2D eigenvalue weighted by molar-refractivity contribution is 6.29. The van der Waals surface area contributed by atoms with Crippen molar-refractivity contribution in [2.45, 2.75) is 6.54 Å². The number of anilines is 1. The van der Waals surface area contributed by atoms with Gasteiger partial charge in [-0.25, -0.2) is 9.78 Å². The van der Waals surface area contributed by atoms with Crippen LogP contribution in [-0.2, 0) is 11.3 Å². The number of pyridine rings is 1. The molecule has 6 heteroatoms. The SMILES string of the molecule is COC(=O)c1cnc(Cl)cc1NCc1ccc(OC)cc1. The molecule has 0 aliphatic rings. The van der Waals surface area contributed by atoms with Crippen LogP contribution in [0.3, 0.4) is 0 Å². The van der Waals surface area contributed by atoms with Gasteiger partial charge >= 0.3 is 5.97 Å². The Bertz CT molecular complexity index is 629. The molecule has 0 saturated carbocycles. The Kier molecular flexibility index (Phi) is 5.00. The number of carbonyl (C=O) groups is 1. The monoisotopic (exact) mass is 306 g/mol. The number of carbonyl (C=O) groups excluding carboxylic acids is 1. The van der Waals surface area contributed by atoms with Crippen LogP contribution < -0.4 is 10.1 Å². The van der Waals surface area contributed by atoms with Crippen molar-refractivity contribution in [3.05, 3.63) is 52.8 Å². The van der Waals surface area contributed by atoms with Crippen molar-refractivity contribution in [2.24, 2.45) is 0 Å². The van der Waals surface area contributed by atoms with Crippen molar-refractivity contribution in [1.29, 1.82) is 0 Å². The van der Waals surface area contributed by atoms with Crippen LogP contribution in [-0.4, -0.2) is 25.2 Å². The molecule has 1 aromatic carbocycles. The Hall–Kier alpha value is -2.27. The van der Waals surface area contributed by atoms with Crippen LogP contribution in [0.4, 0.5) is 5.69 Å². The summed E-state index contributed by atoms with van der Waals surface area (Å²) >= 11 is 5.87. The first-order valence-corrected chi connectivity index (χ1v) is 6.62. The molecule has 21 heavy (non-hydrogen) atoms. The minimum Gasteiger partial charge on any atom is -0.497 e. The maximum Gasteiger partial charge on any atom is 0.341 e. The van der Waals surface area contributed by atoms with Gasteiger partial charge in [-0.15, -0.1) is 0 Å². The van der Waals surface area contributed by atoms with Crippen LogP contribution in [0.1, 0.15) is 15.9 Å². The standard InChI is InChI=1S/C15H15ClN2O3/c1-20-11-5-3-10(4-6-11)8-17-13-7-14(16)18-9-12(13)15(19)21-2/h3-7,9H,8H2,1-2H3,(H,17,18). The summed E-state index contributed by atoms with van der Waals surface area (Å²) in [6.07, 6.45) is 1.39. The fraction of sp³-hybridized carbons (Fsp3) is 0.200. The Morgan fingerprint density at radius 2 is 2.00 bits per heavy atom. The highest BCUT2D eigenvalue weighted by Crippen LogP contribution is 2.21. The summed E-state index contributed by atoms with van der Waals surface area (Å²) in [4.78, 5) is 15.6. The van der Waals surface area contributed by atoms with E-state index in [9.17, 15) is 4.79 Å². The fourth-order valence-electron chi connectivity index (χ4n) is 1.79. The normalized spacial score (nSPS) is 10.0. The summed E-state index contributed by atoms with van der Waals surface area (Å²) in [7, 11) is 2.94. The first-order valence-electron chi connectivity index (χ1n) is 6.24. The molecule has 0 amide bonds. The summed E-state index contributed by atoms with van der Waals surface area (Å²) in [5.74, 6) is 0.331. The summed E-state index contributed by atoms with van der Waals surface area (Å²) in [6.45, 7) is 0.536. The summed E-state index contributed by atoms with van der Waals surface area (Å²) in [6, 6.07) is 9.21. The van der Waals surface area contributed by atoms with Crippen LogP contribution in [0.5, 0.6) is 5.75 Å². The minimum atomic E-state index is -0.462. The Morgan fingerprint density at radius 1 is 1.29 bits per heavy atom. The summed E-state index contributed by atoms with van der Waals surface area (Å²) < 4.78 is 9.83. The lowest BCUT2D eigenvalue weighted by molar-refractivity contribution is 0.0601. The van der Waals surface area contributed by atoms with Gasteiger partial charge in [-0.2, -0.15) is 0 Å². The molecule has 1 aromatic heterocycles. The molecule has 0 fully saturated rings. The number of aromatic nitrogens is 1. The van der Waals surface area contributed by atoms with Gasteiger partial charge in [0.2, 0.25) is 0 Å². The molecule has 0 radical (unpaired) electrons. The Balaban J connectivity index is 2.14. The van der Waals surface area contributed by atoms with Gasteiger partial charge in [-0.1, -0.05) is 23.7 Å². The van der Waals surface area contributed by atoms with Crippen LogP contribution in [0.15, 0.2) is 36.5 Å². The number of halogens is 1. The number of nitrogens with one attached hydrogen (secondary N) is 1. The molecule has 0 unspecified atom stereocenters. The van der Waals surface area contributed by atoms with E-state index in [4.69, 9.17) is 21.1 Å². The van der Waals surface area contributed by atoms with Crippen LogP contribution >= 0.6 is 11.6 Å². The van der Waals surface area contributed by atoms with Crippen molar-refractivity contribution in [3.8, 4) is 5.75 Å². The first-order chi connectivity index (χ1) is 10.1. The second-order valence-corrected chi connectivity index (χ2v) is 4.63. The lowest BCUT2D eigenvalue weighted by atomic mass is 10.2. The zero-order valence-electron chi connectivity index (χ0n) is 11.7. The quantitative estimate of drug-likeness (QED) is 0.679. The zero-order chi connectivity index (χ0) is 15.2. The molecule has 0 aliphatic heterocycles. The average molecular weight is 307 g/mol. The van der Waals surface area contributed by atoms with Crippen LogP contribution in [0.2, 0.25) is 5.15 Å². The first kappa shape index (κ1) is 15.1. The Morgan fingerprint density at radius 3 is 2.62 bits per heavy atom. The Labute approximate surface area is 127 Å². The fourth-order valence-corrected chi connectivity index (χ4v) is 1.95. The maximum atomic E-state index is 11.7. The summed E-state index contributed by atoms with van der Waals surface area (Å²) in [5.41, 5.74) is 1.97. The van der Waals surface area contributed by atoms with Gasteiger partial charge in [0.05, 0.1) is 19.9 Å². The third kappa shape index (κ3) is 3.86. The van der Waals surface area contributed by atoms with E-state index < -0.39 is 5.97 Å². The van der Waals surface area contributed by atoms with E-state index in [1.165, 1.54) is 13.3 Å². The van der Waals surface area contributed by atoms with Crippen molar-refractivity contribution in [1.82, 2.24) is 4.98 Å². The van der Waals surface area contributed by atoms with Crippen molar-refractivity contribution in [3.63, 3.8) is 0 Å². The van der Waals surface area contributed by atoms with Gasteiger partial charge in [0.15, 0.2) is 0 Å². The number of nitrogens with zero attached hydrogens (tertiary/aromatic N) is 1. The zero-order valence-corrected chi connectivity index (χ0v) is 12.5. The van der Waals surface area contributed by atoms with Gasteiger partial charge in [0.1, 0.15) is 16.5 Å². The van der Waals surface area contributed by atoms with E-state index in [0.717, 1.165) is 11.3 Å². The molecule has 1 heterocycles. The van der Waals surface area contributed by atoms with Crippen molar-refractivity contribution in [2.75, 3.05) is 19.5 Å². The second kappa shape index (κ2) is 6.95. The molecule has 0 aliphatic carbocycles. The largest absolute Gasteiger partial charge is 0.497 e. The minimum absolute atomic E-state index is 0.305. The number of rotatable bonds is 5. The van der Waals surface area contributed by atoms with Gasteiger partial charge in [-0.3, -0.25) is 0 Å². The number of hydrogen-bond acceptors (Lipinski definition) is 5. The summed E-state index contributed by atoms with van der Waals surface area (Å²) in [5, 5.41) is 3.46. The van der Waals surface area contributed by atoms with E-state index >= 15 is 0 Å². The molecule has 0 spiro atoms. The molecular formula is C15H15ClN2O3. The predicted molar refractivity (Wildman–Crippen MR) is 80.9 cm³/mol. The third-order valence-electron chi connectivity index (χ3n) is 2.92.